The summed E-state index contributed by atoms with van der Waals surface area (Å²) in [5.41, 5.74) is 3.88. The van der Waals surface area contributed by atoms with Crippen molar-refractivity contribution in [3.05, 3.63) is 112 Å². The molecule has 1 aromatic heterocycles. The molecule has 8 heteroatoms. The number of ether oxygens (including phenoxy) is 1. The van der Waals surface area contributed by atoms with Crippen LogP contribution in [0.4, 0.5) is 15.9 Å². The Bertz CT molecular complexity index is 1350. The minimum Gasteiger partial charge on any atom is -0.489 e. The lowest BCUT2D eigenvalue weighted by molar-refractivity contribution is 0.306. The molecule has 4 aromatic rings. The standard InChI is InChI=1S/C28H28FN5O2/c1-21-2-4-23(5-3-21)20-36-26-12-6-22(7-13-26)19-34-28(35)31-27(18-30-34)33-16-14-32(15-17-33)25-10-8-24(29)9-11-25/h2-13,18H,14-17,19-20H2,1H3. The van der Waals surface area contributed by atoms with Gasteiger partial charge in [-0.25, -0.2) is 13.9 Å². The highest BCUT2D eigenvalue weighted by Gasteiger charge is 2.19. The van der Waals surface area contributed by atoms with Gasteiger partial charge in [0.05, 0.1) is 12.7 Å². The van der Waals surface area contributed by atoms with Crippen molar-refractivity contribution in [1.29, 1.82) is 0 Å². The molecule has 0 spiro atoms. The molecule has 0 N–H and O–H groups in total. The lowest BCUT2D eigenvalue weighted by Gasteiger charge is -2.36. The van der Waals surface area contributed by atoms with Crippen molar-refractivity contribution in [1.82, 2.24) is 14.8 Å². The number of halogens is 1. The molecule has 0 amide bonds. The molecule has 1 aliphatic heterocycles. The van der Waals surface area contributed by atoms with E-state index < -0.39 is 0 Å². The normalized spacial score (nSPS) is 13.6. The van der Waals surface area contributed by atoms with Gasteiger partial charge in [-0.1, -0.05) is 42.0 Å². The molecule has 0 aliphatic carbocycles. The molecule has 0 saturated carbocycles. The van der Waals surface area contributed by atoms with Crippen LogP contribution in [-0.4, -0.2) is 40.9 Å². The van der Waals surface area contributed by atoms with Crippen molar-refractivity contribution < 1.29 is 9.13 Å². The second-order valence-electron chi connectivity index (χ2n) is 8.92. The fourth-order valence-corrected chi connectivity index (χ4v) is 4.18. The molecule has 0 bridgehead atoms. The Morgan fingerprint density at radius 3 is 2.14 bits per heavy atom. The third-order valence-electron chi connectivity index (χ3n) is 6.32. The summed E-state index contributed by atoms with van der Waals surface area (Å²) in [6.45, 7) is 5.83. The second kappa shape index (κ2) is 10.6. The number of benzene rings is 3. The van der Waals surface area contributed by atoms with E-state index in [2.05, 4.69) is 51.1 Å². The molecular weight excluding hydrogens is 457 g/mol. The van der Waals surface area contributed by atoms with Crippen molar-refractivity contribution in [2.75, 3.05) is 36.0 Å². The minimum absolute atomic E-state index is 0.240. The van der Waals surface area contributed by atoms with E-state index >= 15 is 0 Å². The van der Waals surface area contributed by atoms with Crippen molar-refractivity contribution in [3.8, 4) is 5.75 Å². The van der Waals surface area contributed by atoms with Gasteiger partial charge in [-0.2, -0.15) is 10.1 Å². The Labute approximate surface area is 209 Å². The van der Waals surface area contributed by atoms with E-state index in [1.807, 2.05) is 24.3 Å². The lowest BCUT2D eigenvalue weighted by Crippen LogP contribution is -2.47. The van der Waals surface area contributed by atoms with E-state index in [0.717, 1.165) is 35.7 Å². The number of rotatable bonds is 7. The summed E-state index contributed by atoms with van der Waals surface area (Å²) in [4.78, 5) is 21.2. The fraction of sp³-hybridized carbons (Fsp3) is 0.250. The van der Waals surface area contributed by atoms with Crippen LogP contribution in [0.1, 0.15) is 16.7 Å². The molecule has 0 atom stereocenters. The number of aryl methyl sites for hydroxylation is 1. The number of hydrogen-bond donors (Lipinski definition) is 0. The maximum Gasteiger partial charge on any atom is 0.366 e. The van der Waals surface area contributed by atoms with Crippen LogP contribution in [0.15, 0.2) is 83.8 Å². The average molecular weight is 486 g/mol. The Morgan fingerprint density at radius 1 is 0.833 bits per heavy atom. The van der Waals surface area contributed by atoms with Gasteiger partial charge < -0.3 is 14.5 Å². The van der Waals surface area contributed by atoms with Gasteiger partial charge in [-0.05, 0) is 54.4 Å². The van der Waals surface area contributed by atoms with E-state index in [0.29, 0.717) is 32.1 Å². The van der Waals surface area contributed by atoms with Gasteiger partial charge in [0.2, 0.25) is 0 Å². The number of anilines is 2. The van der Waals surface area contributed by atoms with Crippen LogP contribution in [0.5, 0.6) is 5.75 Å². The molecule has 0 unspecified atom stereocenters. The molecular formula is C28H28FN5O2. The topological polar surface area (TPSA) is 63.5 Å². The van der Waals surface area contributed by atoms with Gasteiger partial charge in [-0.15, -0.1) is 0 Å². The first-order valence-electron chi connectivity index (χ1n) is 12.0. The van der Waals surface area contributed by atoms with E-state index in [4.69, 9.17) is 4.74 Å². The highest BCUT2D eigenvalue weighted by molar-refractivity contribution is 5.49. The van der Waals surface area contributed by atoms with Gasteiger partial charge in [0.25, 0.3) is 0 Å². The smallest absolute Gasteiger partial charge is 0.366 e. The monoisotopic (exact) mass is 485 g/mol. The minimum atomic E-state index is -0.381. The Kier molecular flexibility index (Phi) is 6.93. The molecule has 3 aromatic carbocycles. The summed E-state index contributed by atoms with van der Waals surface area (Å²) >= 11 is 0. The fourth-order valence-electron chi connectivity index (χ4n) is 4.18. The van der Waals surface area contributed by atoms with Crippen LogP contribution in [0.25, 0.3) is 0 Å². The van der Waals surface area contributed by atoms with Gasteiger partial charge in [-0.3, -0.25) is 0 Å². The molecule has 1 saturated heterocycles. The predicted molar refractivity (Wildman–Crippen MR) is 138 cm³/mol. The van der Waals surface area contributed by atoms with E-state index in [1.54, 1.807) is 18.3 Å². The number of hydrogen-bond acceptors (Lipinski definition) is 6. The summed E-state index contributed by atoms with van der Waals surface area (Å²) in [6, 6.07) is 22.4. The zero-order valence-corrected chi connectivity index (χ0v) is 20.2. The third-order valence-corrected chi connectivity index (χ3v) is 6.32. The molecule has 5 rings (SSSR count). The third kappa shape index (κ3) is 5.71. The van der Waals surface area contributed by atoms with Crippen molar-refractivity contribution in [3.63, 3.8) is 0 Å². The average Bonchev–Trinajstić information content (AvgIpc) is 2.91. The van der Waals surface area contributed by atoms with Gasteiger partial charge in [0.1, 0.15) is 18.2 Å². The summed E-state index contributed by atoms with van der Waals surface area (Å²) in [5.74, 6) is 1.11. The van der Waals surface area contributed by atoms with Crippen LogP contribution < -0.4 is 20.2 Å². The highest BCUT2D eigenvalue weighted by atomic mass is 19.1. The molecule has 0 radical (unpaired) electrons. The quantitative estimate of drug-likeness (QED) is 0.394. The summed E-state index contributed by atoms with van der Waals surface area (Å²) in [6.07, 6.45) is 1.65. The summed E-state index contributed by atoms with van der Waals surface area (Å²) in [7, 11) is 0. The predicted octanol–water partition coefficient (Wildman–Crippen LogP) is 4.04. The second-order valence-corrected chi connectivity index (χ2v) is 8.92. The molecule has 1 fully saturated rings. The molecule has 1 aliphatic rings. The zero-order chi connectivity index (χ0) is 24.9. The first-order chi connectivity index (χ1) is 17.5. The maximum absolute atomic E-state index is 13.2. The van der Waals surface area contributed by atoms with Crippen LogP contribution in [0.2, 0.25) is 0 Å². The summed E-state index contributed by atoms with van der Waals surface area (Å²) < 4.78 is 20.4. The molecule has 7 nitrogen and oxygen atoms in total. The molecule has 36 heavy (non-hydrogen) atoms. The number of nitrogens with zero attached hydrogens (tertiary/aromatic N) is 5. The first kappa shape index (κ1) is 23.5. The number of piperazine rings is 1. The molecule has 2 heterocycles. The van der Waals surface area contributed by atoms with Crippen LogP contribution in [-0.2, 0) is 13.2 Å². The van der Waals surface area contributed by atoms with Gasteiger partial charge in [0, 0.05) is 31.9 Å². The Balaban J connectivity index is 1.16. The highest BCUT2D eigenvalue weighted by Crippen LogP contribution is 2.19. The van der Waals surface area contributed by atoms with Crippen molar-refractivity contribution >= 4 is 11.5 Å². The van der Waals surface area contributed by atoms with Gasteiger partial charge >= 0.3 is 5.69 Å². The maximum atomic E-state index is 13.2. The van der Waals surface area contributed by atoms with Crippen LogP contribution in [0, 0.1) is 12.7 Å². The van der Waals surface area contributed by atoms with Crippen molar-refractivity contribution in [2.24, 2.45) is 0 Å². The molecule has 184 valence electrons. The van der Waals surface area contributed by atoms with E-state index in [1.165, 1.54) is 22.4 Å². The Hall–Kier alpha value is -4.20. The van der Waals surface area contributed by atoms with E-state index in [-0.39, 0.29) is 11.5 Å². The van der Waals surface area contributed by atoms with Crippen LogP contribution in [0.3, 0.4) is 0 Å². The van der Waals surface area contributed by atoms with Gasteiger partial charge in [0.15, 0.2) is 5.82 Å². The lowest BCUT2D eigenvalue weighted by atomic mass is 10.2. The number of aromatic nitrogens is 3. The summed E-state index contributed by atoms with van der Waals surface area (Å²) in [5, 5.41) is 4.35. The zero-order valence-electron chi connectivity index (χ0n) is 20.2. The first-order valence-corrected chi connectivity index (χ1v) is 12.0. The Morgan fingerprint density at radius 2 is 1.47 bits per heavy atom. The van der Waals surface area contributed by atoms with Crippen molar-refractivity contribution in [2.45, 2.75) is 20.1 Å². The van der Waals surface area contributed by atoms with Crippen LogP contribution >= 0.6 is 0 Å². The largest absolute Gasteiger partial charge is 0.489 e. The van der Waals surface area contributed by atoms with E-state index in [9.17, 15) is 9.18 Å². The SMILES string of the molecule is Cc1ccc(COc2ccc(Cn3ncc(N4CCN(c5ccc(F)cc5)CC4)nc3=O)cc2)cc1.